The van der Waals surface area contributed by atoms with Crippen LogP contribution in [0.4, 0.5) is 0 Å². The molecule has 0 aromatic carbocycles. The number of ether oxygens (including phenoxy) is 1. The van der Waals surface area contributed by atoms with Crippen LogP contribution in [0.2, 0.25) is 0 Å². The van der Waals surface area contributed by atoms with Gasteiger partial charge in [-0.2, -0.15) is 16.4 Å². The van der Waals surface area contributed by atoms with Crippen LogP contribution >= 0.6 is 23.7 Å². The molecule has 0 radical (unpaired) electrons. The number of halogens is 1. The van der Waals surface area contributed by atoms with Crippen LogP contribution in [0.5, 0.6) is 0 Å². The van der Waals surface area contributed by atoms with Gasteiger partial charge < -0.3 is 15.0 Å². The third-order valence-electron chi connectivity index (χ3n) is 4.98. The van der Waals surface area contributed by atoms with E-state index >= 15 is 0 Å². The number of rotatable bonds is 3. The SMILES string of the molecule is Cl.Cn1cc([C@H]2CNC[C@@H]2C(=O)N2CCOC(c3ccsc3)C2)cn1. The third kappa shape index (κ3) is 3.74. The molecule has 1 unspecified atom stereocenters. The van der Waals surface area contributed by atoms with Crippen molar-refractivity contribution in [3.05, 3.63) is 40.3 Å². The highest BCUT2D eigenvalue weighted by molar-refractivity contribution is 7.07. The van der Waals surface area contributed by atoms with Crippen LogP contribution < -0.4 is 5.32 Å². The minimum atomic E-state index is -0.0181. The van der Waals surface area contributed by atoms with Crippen molar-refractivity contribution in [2.45, 2.75) is 12.0 Å². The second-order valence-electron chi connectivity index (χ2n) is 6.52. The summed E-state index contributed by atoms with van der Waals surface area (Å²) in [6.07, 6.45) is 3.90. The molecule has 25 heavy (non-hydrogen) atoms. The lowest BCUT2D eigenvalue weighted by molar-refractivity contribution is -0.143. The van der Waals surface area contributed by atoms with Gasteiger partial charge in [0.05, 0.1) is 25.3 Å². The number of thiophene rings is 1. The zero-order valence-electron chi connectivity index (χ0n) is 14.1. The average Bonchev–Trinajstić information content (AvgIpc) is 3.35. The standard InChI is InChI=1S/C17H22N4O2S.ClH/c1-20-9-13(6-19-20)14-7-18-8-15(14)17(22)21-3-4-23-16(10-21)12-2-5-24-11-12;/h2,5-6,9,11,14-16,18H,3-4,7-8,10H2,1H3;1H/t14-,15+,16?;/m1./s1. The highest BCUT2D eigenvalue weighted by atomic mass is 35.5. The van der Waals surface area contributed by atoms with E-state index in [9.17, 15) is 4.79 Å². The number of aromatic nitrogens is 2. The molecular weight excluding hydrogens is 360 g/mol. The molecule has 4 heterocycles. The molecule has 2 aromatic heterocycles. The van der Waals surface area contributed by atoms with Gasteiger partial charge in [0.15, 0.2) is 0 Å². The Morgan fingerprint density at radius 1 is 1.40 bits per heavy atom. The molecule has 1 amide bonds. The summed E-state index contributed by atoms with van der Waals surface area (Å²) < 4.78 is 7.67. The fraction of sp³-hybridized carbons (Fsp3) is 0.529. The zero-order valence-corrected chi connectivity index (χ0v) is 15.8. The minimum absolute atomic E-state index is 0. The Hall–Kier alpha value is -1.41. The Bertz CT molecular complexity index is 705. The first-order valence-electron chi connectivity index (χ1n) is 8.34. The number of amides is 1. The number of nitrogens with one attached hydrogen (secondary N) is 1. The molecule has 136 valence electrons. The fourth-order valence-electron chi connectivity index (χ4n) is 3.66. The molecule has 0 aliphatic carbocycles. The summed E-state index contributed by atoms with van der Waals surface area (Å²) in [5.74, 6) is 0.418. The lowest BCUT2D eigenvalue weighted by Gasteiger charge is -2.35. The number of hydrogen-bond donors (Lipinski definition) is 1. The van der Waals surface area contributed by atoms with Crippen molar-refractivity contribution in [2.75, 3.05) is 32.8 Å². The van der Waals surface area contributed by atoms with Crippen molar-refractivity contribution in [3.63, 3.8) is 0 Å². The topological polar surface area (TPSA) is 59.4 Å². The van der Waals surface area contributed by atoms with Crippen LogP contribution in [0.25, 0.3) is 0 Å². The number of carbonyl (C=O) groups is 1. The molecule has 0 saturated carbocycles. The maximum atomic E-state index is 13.1. The number of hydrogen-bond acceptors (Lipinski definition) is 5. The van der Waals surface area contributed by atoms with Crippen LogP contribution in [0.1, 0.15) is 23.1 Å². The normalized spacial score (nSPS) is 26.4. The second kappa shape index (κ2) is 7.86. The summed E-state index contributed by atoms with van der Waals surface area (Å²) in [5.41, 5.74) is 2.31. The summed E-state index contributed by atoms with van der Waals surface area (Å²) in [6.45, 7) is 3.49. The molecule has 8 heteroatoms. The summed E-state index contributed by atoms with van der Waals surface area (Å²) >= 11 is 1.67. The number of aryl methyl sites for hydroxylation is 1. The molecule has 1 N–H and O–H groups in total. The first-order valence-corrected chi connectivity index (χ1v) is 9.28. The van der Waals surface area contributed by atoms with Gasteiger partial charge in [0.2, 0.25) is 5.91 Å². The number of morpholine rings is 1. The Morgan fingerprint density at radius 3 is 3.00 bits per heavy atom. The van der Waals surface area contributed by atoms with Crippen LogP contribution in [-0.2, 0) is 16.6 Å². The van der Waals surface area contributed by atoms with Crippen molar-refractivity contribution in [2.24, 2.45) is 13.0 Å². The zero-order chi connectivity index (χ0) is 16.5. The minimum Gasteiger partial charge on any atom is -0.370 e. The van der Waals surface area contributed by atoms with Gasteiger partial charge in [-0.05, 0) is 28.0 Å². The van der Waals surface area contributed by atoms with E-state index in [2.05, 4.69) is 27.2 Å². The van der Waals surface area contributed by atoms with E-state index in [4.69, 9.17) is 4.74 Å². The predicted molar refractivity (Wildman–Crippen MR) is 99.1 cm³/mol. The highest BCUT2D eigenvalue weighted by Gasteiger charge is 2.38. The Morgan fingerprint density at radius 2 is 2.28 bits per heavy atom. The lowest BCUT2D eigenvalue weighted by atomic mass is 9.89. The van der Waals surface area contributed by atoms with Crippen LogP contribution in [0.3, 0.4) is 0 Å². The van der Waals surface area contributed by atoms with Crippen molar-refractivity contribution in [1.82, 2.24) is 20.0 Å². The predicted octanol–water partition coefficient (Wildman–Crippen LogP) is 1.81. The van der Waals surface area contributed by atoms with Gasteiger partial charge in [-0.1, -0.05) is 0 Å². The van der Waals surface area contributed by atoms with E-state index in [1.807, 2.05) is 24.3 Å². The number of nitrogens with zero attached hydrogens (tertiary/aromatic N) is 3. The van der Waals surface area contributed by atoms with Gasteiger partial charge in [-0.3, -0.25) is 9.48 Å². The van der Waals surface area contributed by atoms with E-state index in [-0.39, 0.29) is 36.3 Å². The van der Waals surface area contributed by atoms with Gasteiger partial charge in [0.1, 0.15) is 6.10 Å². The van der Waals surface area contributed by atoms with Crippen molar-refractivity contribution >= 4 is 29.7 Å². The highest BCUT2D eigenvalue weighted by Crippen LogP contribution is 2.31. The Balaban J connectivity index is 0.00000182. The monoisotopic (exact) mass is 382 g/mol. The smallest absolute Gasteiger partial charge is 0.227 e. The Kier molecular flexibility index (Phi) is 5.78. The molecule has 2 aliphatic rings. The quantitative estimate of drug-likeness (QED) is 0.879. The van der Waals surface area contributed by atoms with Crippen LogP contribution in [-0.4, -0.2) is 53.4 Å². The fourth-order valence-corrected chi connectivity index (χ4v) is 4.37. The summed E-state index contributed by atoms with van der Waals surface area (Å²) in [7, 11) is 1.91. The summed E-state index contributed by atoms with van der Waals surface area (Å²) in [4.78, 5) is 15.1. The molecule has 3 atom stereocenters. The van der Waals surface area contributed by atoms with Crippen molar-refractivity contribution in [3.8, 4) is 0 Å². The van der Waals surface area contributed by atoms with Crippen molar-refractivity contribution in [1.29, 1.82) is 0 Å². The Labute approximate surface area is 157 Å². The van der Waals surface area contributed by atoms with Crippen LogP contribution in [0.15, 0.2) is 29.2 Å². The number of carbonyl (C=O) groups excluding carboxylic acids is 1. The largest absolute Gasteiger partial charge is 0.370 e. The van der Waals surface area contributed by atoms with Gasteiger partial charge >= 0.3 is 0 Å². The van der Waals surface area contributed by atoms with E-state index in [1.165, 1.54) is 5.56 Å². The second-order valence-corrected chi connectivity index (χ2v) is 7.30. The van der Waals surface area contributed by atoms with E-state index in [0.717, 1.165) is 18.7 Å². The van der Waals surface area contributed by atoms with E-state index in [0.29, 0.717) is 19.7 Å². The van der Waals surface area contributed by atoms with Gasteiger partial charge in [0, 0.05) is 38.8 Å². The van der Waals surface area contributed by atoms with Gasteiger partial charge in [-0.15, -0.1) is 12.4 Å². The third-order valence-corrected chi connectivity index (χ3v) is 5.68. The van der Waals surface area contributed by atoms with E-state index in [1.54, 1.807) is 16.0 Å². The molecule has 6 nitrogen and oxygen atoms in total. The maximum absolute atomic E-state index is 13.1. The van der Waals surface area contributed by atoms with Gasteiger partial charge in [-0.25, -0.2) is 0 Å². The van der Waals surface area contributed by atoms with E-state index < -0.39 is 0 Å². The lowest BCUT2D eigenvalue weighted by Crippen LogP contribution is -2.46. The first-order chi connectivity index (χ1) is 11.7. The van der Waals surface area contributed by atoms with Crippen LogP contribution in [0, 0.1) is 5.92 Å². The maximum Gasteiger partial charge on any atom is 0.227 e. The first kappa shape index (κ1) is 18.4. The molecule has 2 saturated heterocycles. The molecule has 2 aliphatic heterocycles. The molecule has 2 aromatic rings. The molecule has 0 spiro atoms. The molecular formula is C17H23ClN4O2S. The molecule has 4 rings (SSSR count). The van der Waals surface area contributed by atoms with Crippen molar-refractivity contribution < 1.29 is 9.53 Å². The molecule has 2 fully saturated rings. The summed E-state index contributed by atoms with van der Waals surface area (Å²) in [6, 6.07) is 2.08. The van der Waals surface area contributed by atoms with Gasteiger partial charge in [0.25, 0.3) is 0 Å². The average molecular weight is 383 g/mol. The molecule has 0 bridgehead atoms. The summed E-state index contributed by atoms with van der Waals surface area (Å²) in [5, 5.41) is 11.8.